The first-order valence-corrected chi connectivity index (χ1v) is 27.5. The number of rotatable bonds is 10. The van der Waals surface area contributed by atoms with Crippen molar-refractivity contribution in [3.63, 3.8) is 0 Å². The van der Waals surface area contributed by atoms with Crippen LogP contribution >= 0.6 is 0 Å². The van der Waals surface area contributed by atoms with E-state index in [0.29, 0.717) is 5.58 Å². The topological polar surface area (TPSA) is 45.9 Å². The number of fused-ring (bicyclic) bond motifs is 10. The smallest absolute Gasteiger partial charge is 0.162 e. The van der Waals surface area contributed by atoms with Gasteiger partial charge in [-0.15, -0.1) is 0 Å². The van der Waals surface area contributed by atoms with Gasteiger partial charge in [0.15, 0.2) is 16.7 Å². The molecule has 0 aliphatic heterocycles. The van der Waals surface area contributed by atoms with E-state index in [1.54, 1.807) is 0 Å². The molecule has 0 amide bonds. The number of hydrogen-bond acceptors (Lipinski definition) is 5. The highest BCUT2D eigenvalue weighted by Crippen LogP contribution is 2.58. The molecule has 0 unspecified atom stereocenters. The third kappa shape index (κ3) is 7.55. The SMILES string of the molecule is c1ccc(-c2ccc(-c3ccccc3)c(N(c3cccc4c3oc3ccccc34)c3c4ccccc4c(N(c4cc(-c5ccccc5)ccc4-c4ccccc4)c4cccc5c4oc4ccccc45)c4c3oc3ccccc34)c2)cc1. The molecule has 0 aliphatic rings. The minimum Gasteiger partial charge on any atom is -0.454 e. The van der Waals surface area contributed by atoms with Crippen LogP contribution in [0.15, 0.2) is 304 Å². The first kappa shape index (κ1) is 46.2. The summed E-state index contributed by atoms with van der Waals surface area (Å²) >= 11 is 0. The first-order valence-electron chi connectivity index (χ1n) is 27.5. The zero-order chi connectivity index (χ0) is 53.4. The fourth-order valence-corrected chi connectivity index (χ4v) is 12.4. The van der Waals surface area contributed by atoms with Crippen molar-refractivity contribution in [1.82, 2.24) is 0 Å². The van der Waals surface area contributed by atoms with E-state index in [9.17, 15) is 0 Å². The lowest BCUT2D eigenvalue weighted by Crippen LogP contribution is -2.16. The van der Waals surface area contributed by atoms with Crippen molar-refractivity contribution in [3.8, 4) is 44.5 Å². The van der Waals surface area contributed by atoms with Gasteiger partial charge in [-0.3, -0.25) is 0 Å². The van der Waals surface area contributed by atoms with Gasteiger partial charge in [-0.2, -0.15) is 0 Å². The summed E-state index contributed by atoms with van der Waals surface area (Å²) in [7, 11) is 0. The zero-order valence-electron chi connectivity index (χ0n) is 43.8. The molecule has 13 aromatic carbocycles. The predicted octanol–water partition coefficient (Wildman–Crippen LogP) is 22.1. The van der Waals surface area contributed by atoms with Crippen LogP contribution in [0.5, 0.6) is 0 Å². The maximum absolute atomic E-state index is 7.63. The lowest BCUT2D eigenvalue weighted by molar-refractivity contribution is 0.666. The van der Waals surface area contributed by atoms with E-state index in [1.807, 2.05) is 12.1 Å². The Kier molecular flexibility index (Phi) is 10.8. The second-order valence-electron chi connectivity index (χ2n) is 20.6. The fourth-order valence-electron chi connectivity index (χ4n) is 12.4. The van der Waals surface area contributed by atoms with Crippen molar-refractivity contribution in [2.24, 2.45) is 0 Å². The molecular formula is C76H48N2O3. The van der Waals surface area contributed by atoms with Gasteiger partial charge in [-0.25, -0.2) is 0 Å². The summed E-state index contributed by atoms with van der Waals surface area (Å²) in [5.41, 5.74) is 18.8. The highest BCUT2D eigenvalue weighted by Gasteiger charge is 2.34. The lowest BCUT2D eigenvalue weighted by Gasteiger charge is -2.33. The highest BCUT2D eigenvalue weighted by atomic mass is 16.3. The van der Waals surface area contributed by atoms with E-state index in [-0.39, 0.29) is 0 Å². The molecule has 3 aromatic heterocycles. The average Bonchev–Trinajstić information content (AvgIpc) is 4.46. The maximum Gasteiger partial charge on any atom is 0.162 e. The largest absolute Gasteiger partial charge is 0.454 e. The molecule has 5 nitrogen and oxygen atoms in total. The Morgan fingerprint density at radius 1 is 0.210 bits per heavy atom. The summed E-state index contributed by atoms with van der Waals surface area (Å²) in [6.45, 7) is 0. The molecule has 5 heteroatoms. The number of benzene rings is 13. The van der Waals surface area contributed by atoms with Gasteiger partial charge < -0.3 is 23.1 Å². The predicted molar refractivity (Wildman–Crippen MR) is 337 cm³/mol. The van der Waals surface area contributed by atoms with E-state index in [4.69, 9.17) is 13.3 Å². The average molecular weight is 1040 g/mol. The highest BCUT2D eigenvalue weighted by molar-refractivity contribution is 6.30. The van der Waals surface area contributed by atoms with Crippen molar-refractivity contribution in [1.29, 1.82) is 0 Å². The first-order chi connectivity index (χ1) is 40.2. The van der Waals surface area contributed by atoms with Crippen molar-refractivity contribution < 1.29 is 13.3 Å². The van der Waals surface area contributed by atoms with Crippen LogP contribution in [0.2, 0.25) is 0 Å². The van der Waals surface area contributed by atoms with Gasteiger partial charge in [0.05, 0.1) is 39.5 Å². The van der Waals surface area contributed by atoms with E-state index >= 15 is 0 Å². The molecular weight excluding hydrogens is 989 g/mol. The van der Waals surface area contributed by atoms with Gasteiger partial charge in [0.25, 0.3) is 0 Å². The van der Waals surface area contributed by atoms with Gasteiger partial charge in [0.2, 0.25) is 0 Å². The Labute approximate surface area is 467 Å². The van der Waals surface area contributed by atoms with Crippen LogP contribution < -0.4 is 9.80 Å². The molecule has 0 saturated carbocycles. The number of hydrogen-bond donors (Lipinski definition) is 0. The summed E-state index contributed by atoms with van der Waals surface area (Å²) in [4.78, 5) is 4.89. The Morgan fingerprint density at radius 3 is 1.02 bits per heavy atom. The molecule has 81 heavy (non-hydrogen) atoms. The molecule has 0 bridgehead atoms. The zero-order valence-corrected chi connectivity index (χ0v) is 43.8. The van der Waals surface area contributed by atoms with Gasteiger partial charge >= 0.3 is 0 Å². The third-order valence-electron chi connectivity index (χ3n) is 16.0. The summed E-state index contributed by atoms with van der Waals surface area (Å²) in [6.07, 6.45) is 0. The monoisotopic (exact) mass is 1040 g/mol. The molecule has 0 atom stereocenters. The minimum atomic E-state index is 0.712. The Balaban J connectivity index is 1.10. The van der Waals surface area contributed by atoms with Crippen molar-refractivity contribution in [2.75, 3.05) is 9.80 Å². The van der Waals surface area contributed by atoms with Crippen molar-refractivity contribution >= 4 is 111 Å². The molecule has 0 fully saturated rings. The van der Waals surface area contributed by atoms with Gasteiger partial charge in [-0.1, -0.05) is 249 Å². The van der Waals surface area contributed by atoms with Crippen LogP contribution in [0.1, 0.15) is 0 Å². The molecule has 16 aromatic rings. The van der Waals surface area contributed by atoms with Gasteiger partial charge in [-0.05, 0) is 75.8 Å². The quantitative estimate of drug-likeness (QED) is 0.128. The maximum atomic E-state index is 7.63. The lowest BCUT2D eigenvalue weighted by atomic mass is 9.93. The fraction of sp³-hybridized carbons (Fsp3) is 0. The molecule has 0 N–H and O–H groups in total. The van der Waals surface area contributed by atoms with Crippen LogP contribution in [0.4, 0.5) is 34.1 Å². The molecule has 380 valence electrons. The number of para-hydroxylation sites is 5. The third-order valence-corrected chi connectivity index (χ3v) is 16.0. The molecule has 0 spiro atoms. The Morgan fingerprint density at radius 2 is 0.556 bits per heavy atom. The summed E-state index contributed by atoms with van der Waals surface area (Å²) in [6, 6.07) is 104. The molecule has 16 rings (SSSR count). The standard InChI is InChI=1S/C76H48N2O3/c1-5-23-49(24-6-1)53-43-45-55(51-27-9-3-10-28-51)66(47-53)77(64-38-21-36-61-57-31-15-18-40-68(57)79-74(61)64)72-59-33-13-14-34-60(59)73(76-71(72)63-35-17-20-42-70(63)81-76)78(65-39-22-37-62-58-32-16-19-41-69(58)80-75(62)65)67-48-54(50-25-7-2-8-26-50)44-46-56(67)52-29-11-4-12-30-52/h1-48H. The molecule has 3 heterocycles. The Hall–Kier alpha value is -10.9. The van der Waals surface area contributed by atoms with E-state index in [1.165, 1.54) is 0 Å². The van der Waals surface area contributed by atoms with Gasteiger partial charge in [0, 0.05) is 48.8 Å². The summed E-state index contributed by atoms with van der Waals surface area (Å²) in [5.74, 6) is 0. The van der Waals surface area contributed by atoms with E-state index in [2.05, 4.69) is 289 Å². The van der Waals surface area contributed by atoms with Crippen molar-refractivity contribution in [2.45, 2.75) is 0 Å². The molecule has 0 saturated heterocycles. The van der Waals surface area contributed by atoms with Crippen LogP contribution in [0.3, 0.4) is 0 Å². The molecule has 0 aliphatic carbocycles. The molecule has 0 radical (unpaired) electrons. The number of furan rings is 3. The van der Waals surface area contributed by atoms with Crippen LogP contribution in [0, 0.1) is 0 Å². The second kappa shape index (κ2) is 18.9. The second-order valence-corrected chi connectivity index (χ2v) is 20.6. The minimum absolute atomic E-state index is 0.712. The van der Waals surface area contributed by atoms with Crippen LogP contribution in [-0.4, -0.2) is 0 Å². The number of nitrogens with zero attached hydrogens (tertiary/aromatic N) is 2. The number of anilines is 6. The summed E-state index contributed by atoms with van der Waals surface area (Å²) < 4.78 is 21.9. The van der Waals surface area contributed by atoms with Crippen molar-refractivity contribution in [3.05, 3.63) is 291 Å². The normalized spacial score (nSPS) is 11.7. The van der Waals surface area contributed by atoms with E-state index in [0.717, 1.165) is 150 Å². The van der Waals surface area contributed by atoms with E-state index < -0.39 is 0 Å². The summed E-state index contributed by atoms with van der Waals surface area (Å²) in [5, 5.41) is 8.04. The van der Waals surface area contributed by atoms with Crippen LogP contribution in [0.25, 0.3) is 121 Å². The van der Waals surface area contributed by atoms with Gasteiger partial charge in [0.1, 0.15) is 16.7 Å². The van der Waals surface area contributed by atoms with Crippen LogP contribution in [-0.2, 0) is 0 Å². The Bertz CT molecular complexity index is 5060.